The van der Waals surface area contributed by atoms with Gasteiger partial charge in [0.25, 0.3) is 0 Å². The van der Waals surface area contributed by atoms with Crippen LogP contribution in [0.1, 0.15) is 75.2 Å². The number of hydrogen-bond acceptors (Lipinski definition) is 2. The number of ketones is 1. The van der Waals surface area contributed by atoms with Gasteiger partial charge in [-0.25, -0.2) is 0 Å². The molecular weight excluding hydrogens is 224 g/mol. The summed E-state index contributed by atoms with van der Waals surface area (Å²) in [7, 11) is 1.84. The monoisotopic (exact) mass is 250 g/mol. The standard InChI is InChI=1S/C15H26N2O/c1-3-4-5-6-7-8-9-10-11-15(18)14-12-13-17(2)16-14/h12-13H,3-11H2,1-2H3. The largest absolute Gasteiger partial charge is 0.292 e. The molecule has 0 saturated carbocycles. The van der Waals surface area contributed by atoms with Gasteiger partial charge in [0, 0.05) is 19.7 Å². The van der Waals surface area contributed by atoms with Crippen molar-refractivity contribution >= 4 is 5.78 Å². The average Bonchev–Trinajstić information content (AvgIpc) is 2.79. The van der Waals surface area contributed by atoms with E-state index in [0.29, 0.717) is 12.1 Å². The van der Waals surface area contributed by atoms with E-state index < -0.39 is 0 Å². The molecule has 0 amide bonds. The number of carbonyl (C=O) groups is 1. The van der Waals surface area contributed by atoms with Crippen molar-refractivity contribution in [3.63, 3.8) is 0 Å². The molecule has 0 N–H and O–H groups in total. The SMILES string of the molecule is CCCCCCCCCCC(=O)c1ccn(C)n1. The predicted octanol–water partition coefficient (Wildman–Crippen LogP) is 4.13. The summed E-state index contributed by atoms with van der Waals surface area (Å²) in [6, 6.07) is 1.80. The summed E-state index contributed by atoms with van der Waals surface area (Å²) in [5, 5.41) is 4.13. The van der Waals surface area contributed by atoms with E-state index >= 15 is 0 Å². The highest BCUT2D eigenvalue weighted by molar-refractivity contribution is 5.94. The number of carbonyl (C=O) groups excluding carboxylic acids is 1. The van der Waals surface area contributed by atoms with E-state index in [9.17, 15) is 4.79 Å². The van der Waals surface area contributed by atoms with Gasteiger partial charge in [0.1, 0.15) is 5.69 Å². The predicted molar refractivity (Wildman–Crippen MR) is 74.8 cm³/mol. The molecule has 1 aromatic rings. The van der Waals surface area contributed by atoms with Crippen LogP contribution in [0.15, 0.2) is 12.3 Å². The molecule has 0 bridgehead atoms. The fourth-order valence-corrected chi connectivity index (χ4v) is 2.11. The van der Waals surface area contributed by atoms with Gasteiger partial charge in [-0.3, -0.25) is 9.48 Å². The van der Waals surface area contributed by atoms with Gasteiger partial charge in [-0.1, -0.05) is 51.9 Å². The summed E-state index contributed by atoms with van der Waals surface area (Å²) in [6.45, 7) is 2.24. The average molecular weight is 250 g/mol. The summed E-state index contributed by atoms with van der Waals surface area (Å²) in [6.07, 6.45) is 12.6. The van der Waals surface area contributed by atoms with Crippen molar-refractivity contribution in [1.82, 2.24) is 9.78 Å². The highest BCUT2D eigenvalue weighted by Crippen LogP contribution is 2.11. The van der Waals surface area contributed by atoms with Crippen LogP contribution in [0.4, 0.5) is 0 Å². The fraction of sp³-hybridized carbons (Fsp3) is 0.733. The van der Waals surface area contributed by atoms with Crippen LogP contribution in [0.3, 0.4) is 0 Å². The molecule has 0 spiro atoms. The van der Waals surface area contributed by atoms with Crippen LogP contribution in [-0.4, -0.2) is 15.6 Å². The lowest BCUT2D eigenvalue weighted by Crippen LogP contribution is -2.01. The van der Waals surface area contributed by atoms with Crippen LogP contribution in [0.2, 0.25) is 0 Å². The zero-order valence-corrected chi connectivity index (χ0v) is 11.8. The van der Waals surface area contributed by atoms with Crippen LogP contribution in [-0.2, 0) is 7.05 Å². The molecule has 0 aliphatic carbocycles. The Balaban J connectivity index is 1.99. The Morgan fingerprint density at radius 2 is 1.72 bits per heavy atom. The lowest BCUT2D eigenvalue weighted by molar-refractivity contribution is 0.0973. The van der Waals surface area contributed by atoms with Crippen molar-refractivity contribution in [3.8, 4) is 0 Å². The Morgan fingerprint density at radius 3 is 2.28 bits per heavy atom. The molecule has 0 unspecified atom stereocenters. The maximum absolute atomic E-state index is 11.8. The van der Waals surface area contributed by atoms with Gasteiger partial charge in [-0.2, -0.15) is 5.10 Å². The minimum Gasteiger partial charge on any atom is -0.292 e. The van der Waals surface area contributed by atoms with E-state index in [2.05, 4.69) is 12.0 Å². The van der Waals surface area contributed by atoms with E-state index in [1.54, 1.807) is 10.7 Å². The normalized spacial score (nSPS) is 10.8. The molecule has 1 aromatic heterocycles. The first-order valence-corrected chi connectivity index (χ1v) is 7.27. The molecule has 0 aromatic carbocycles. The number of nitrogens with zero attached hydrogens (tertiary/aromatic N) is 2. The molecule has 0 atom stereocenters. The minimum absolute atomic E-state index is 0.182. The van der Waals surface area contributed by atoms with Gasteiger partial charge in [0.05, 0.1) is 0 Å². The maximum Gasteiger partial charge on any atom is 0.183 e. The van der Waals surface area contributed by atoms with Crippen LogP contribution < -0.4 is 0 Å². The molecule has 18 heavy (non-hydrogen) atoms. The number of aryl methyl sites for hydroxylation is 1. The van der Waals surface area contributed by atoms with Gasteiger partial charge in [0.15, 0.2) is 5.78 Å². The van der Waals surface area contributed by atoms with Crippen LogP contribution in [0.25, 0.3) is 0 Å². The molecule has 102 valence electrons. The van der Waals surface area contributed by atoms with Crippen molar-refractivity contribution in [3.05, 3.63) is 18.0 Å². The van der Waals surface area contributed by atoms with Crippen LogP contribution in [0, 0.1) is 0 Å². The number of hydrogen-bond donors (Lipinski definition) is 0. The van der Waals surface area contributed by atoms with E-state index in [-0.39, 0.29) is 5.78 Å². The smallest absolute Gasteiger partial charge is 0.183 e. The molecule has 0 aliphatic rings. The molecule has 0 radical (unpaired) electrons. The fourth-order valence-electron chi connectivity index (χ4n) is 2.11. The number of unbranched alkanes of at least 4 members (excludes halogenated alkanes) is 7. The quantitative estimate of drug-likeness (QED) is 0.462. The first kappa shape index (κ1) is 14.9. The Morgan fingerprint density at radius 1 is 1.11 bits per heavy atom. The second kappa shape index (κ2) is 8.90. The van der Waals surface area contributed by atoms with Crippen molar-refractivity contribution in [1.29, 1.82) is 0 Å². The molecule has 0 aliphatic heterocycles. The second-order valence-electron chi connectivity index (χ2n) is 5.02. The van der Waals surface area contributed by atoms with Gasteiger partial charge < -0.3 is 0 Å². The second-order valence-corrected chi connectivity index (χ2v) is 5.02. The molecule has 1 heterocycles. The van der Waals surface area contributed by atoms with Gasteiger partial charge in [-0.05, 0) is 12.5 Å². The van der Waals surface area contributed by atoms with Gasteiger partial charge in [0.2, 0.25) is 0 Å². The molecule has 3 nitrogen and oxygen atoms in total. The molecular formula is C15H26N2O. The summed E-state index contributed by atoms with van der Waals surface area (Å²) < 4.78 is 1.68. The maximum atomic E-state index is 11.8. The van der Waals surface area contributed by atoms with E-state index in [1.165, 1.54) is 44.9 Å². The van der Waals surface area contributed by atoms with Crippen LogP contribution >= 0.6 is 0 Å². The lowest BCUT2D eigenvalue weighted by atomic mass is 10.1. The zero-order valence-electron chi connectivity index (χ0n) is 11.8. The number of aromatic nitrogens is 2. The zero-order chi connectivity index (χ0) is 13.2. The summed E-state index contributed by atoms with van der Waals surface area (Å²) in [5.74, 6) is 0.182. The third-order valence-corrected chi connectivity index (χ3v) is 3.26. The van der Waals surface area contributed by atoms with Crippen molar-refractivity contribution in [2.24, 2.45) is 7.05 Å². The van der Waals surface area contributed by atoms with Crippen molar-refractivity contribution < 1.29 is 4.79 Å². The molecule has 3 heteroatoms. The summed E-state index contributed by atoms with van der Waals surface area (Å²) >= 11 is 0. The third-order valence-electron chi connectivity index (χ3n) is 3.26. The number of rotatable bonds is 10. The van der Waals surface area contributed by atoms with Crippen molar-refractivity contribution in [2.45, 2.75) is 64.7 Å². The molecule has 0 saturated heterocycles. The van der Waals surface area contributed by atoms with Crippen LogP contribution in [0.5, 0.6) is 0 Å². The topological polar surface area (TPSA) is 34.9 Å². The molecule has 0 fully saturated rings. The van der Waals surface area contributed by atoms with E-state index in [0.717, 1.165) is 6.42 Å². The molecule has 1 rings (SSSR count). The first-order chi connectivity index (χ1) is 8.74. The Kier molecular flexibility index (Phi) is 7.38. The minimum atomic E-state index is 0.182. The number of Topliss-reactive ketones (excluding diaryl/α,β-unsaturated/α-hetero) is 1. The first-order valence-electron chi connectivity index (χ1n) is 7.27. The Hall–Kier alpha value is -1.12. The van der Waals surface area contributed by atoms with E-state index in [4.69, 9.17) is 0 Å². The summed E-state index contributed by atoms with van der Waals surface area (Å²) in [5.41, 5.74) is 0.612. The lowest BCUT2D eigenvalue weighted by Gasteiger charge is -2.00. The highest BCUT2D eigenvalue weighted by atomic mass is 16.1. The van der Waals surface area contributed by atoms with Gasteiger partial charge >= 0.3 is 0 Å². The highest BCUT2D eigenvalue weighted by Gasteiger charge is 2.07. The summed E-state index contributed by atoms with van der Waals surface area (Å²) in [4.78, 5) is 11.8. The van der Waals surface area contributed by atoms with Crippen molar-refractivity contribution in [2.75, 3.05) is 0 Å². The Labute approximate surface area is 111 Å². The Bertz CT molecular complexity index is 344. The van der Waals surface area contributed by atoms with E-state index in [1.807, 2.05) is 13.2 Å². The van der Waals surface area contributed by atoms with Gasteiger partial charge in [-0.15, -0.1) is 0 Å². The third kappa shape index (κ3) is 5.99.